The van der Waals surface area contributed by atoms with E-state index in [0.717, 1.165) is 42.2 Å². The van der Waals surface area contributed by atoms with Gasteiger partial charge in [-0.2, -0.15) is 5.26 Å². The van der Waals surface area contributed by atoms with Gasteiger partial charge in [-0.05, 0) is 38.3 Å². The van der Waals surface area contributed by atoms with Crippen LogP contribution in [-0.4, -0.2) is 39.9 Å². The van der Waals surface area contributed by atoms with Crippen LogP contribution in [0.2, 0.25) is 0 Å². The van der Waals surface area contributed by atoms with E-state index in [2.05, 4.69) is 20.9 Å². The van der Waals surface area contributed by atoms with Crippen molar-refractivity contribution in [1.82, 2.24) is 14.9 Å². The summed E-state index contributed by atoms with van der Waals surface area (Å²) in [6, 6.07) is 4.38. The fourth-order valence-corrected chi connectivity index (χ4v) is 4.62. The van der Waals surface area contributed by atoms with Gasteiger partial charge in [-0.3, -0.25) is 4.79 Å². The van der Waals surface area contributed by atoms with Gasteiger partial charge in [0, 0.05) is 24.5 Å². The van der Waals surface area contributed by atoms with Gasteiger partial charge in [-0.25, -0.2) is 9.97 Å². The number of rotatable bonds is 3. The topological polar surface area (TPSA) is 73.1 Å². The number of nitrogens with zero attached hydrogens (tertiary/aromatic N) is 5. The lowest BCUT2D eigenvalue weighted by Crippen LogP contribution is -2.47. The number of amides is 1. The number of nitriles is 1. The summed E-state index contributed by atoms with van der Waals surface area (Å²) in [5.41, 5.74) is 5.12. The Morgan fingerprint density at radius 3 is 2.88 bits per heavy atom. The van der Waals surface area contributed by atoms with Crippen LogP contribution in [0.25, 0.3) is 0 Å². The maximum atomic E-state index is 13.0. The van der Waals surface area contributed by atoms with E-state index in [0.29, 0.717) is 18.7 Å². The molecule has 0 spiro atoms. The van der Waals surface area contributed by atoms with Crippen molar-refractivity contribution in [2.45, 2.75) is 39.3 Å². The molecule has 2 aromatic heterocycles. The van der Waals surface area contributed by atoms with Crippen molar-refractivity contribution in [1.29, 1.82) is 5.26 Å². The maximum absolute atomic E-state index is 13.0. The predicted molar refractivity (Wildman–Crippen MR) is 99.8 cm³/mol. The van der Waals surface area contributed by atoms with Crippen LogP contribution in [0.4, 0.5) is 5.82 Å². The summed E-state index contributed by atoms with van der Waals surface area (Å²) in [6.07, 6.45) is 1.95. The SMILES string of the molecule is Cc1cc(N2C[C@@H]3CC[C@H](C2)N(Cc2cscn2)C3=O)nc(C)c1C#N. The molecule has 2 aromatic rings. The van der Waals surface area contributed by atoms with Crippen LogP contribution >= 0.6 is 11.3 Å². The van der Waals surface area contributed by atoms with Crippen LogP contribution in [0.5, 0.6) is 0 Å². The third-order valence-corrected chi connectivity index (χ3v) is 6.06. The summed E-state index contributed by atoms with van der Waals surface area (Å²) < 4.78 is 0. The normalized spacial score (nSPS) is 22.4. The molecule has 2 bridgehead atoms. The van der Waals surface area contributed by atoms with Crippen LogP contribution in [0, 0.1) is 31.1 Å². The second-order valence-electron chi connectivity index (χ2n) is 7.15. The van der Waals surface area contributed by atoms with Gasteiger partial charge in [-0.15, -0.1) is 11.3 Å². The van der Waals surface area contributed by atoms with Gasteiger partial charge in [0.1, 0.15) is 11.9 Å². The van der Waals surface area contributed by atoms with Gasteiger partial charge < -0.3 is 9.80 Å². The molecule has 134 valence electrons. The van der Waals surface area contributed by atoms with Gasteiger partial charge in [0.2, 0.25) is 5.91 Å². The molecule has 6 nitrogen and oxygen atoms in total. The van der Waals surface area contributed by atoms with E-state index in [1.807, 2.05) is 35.7 Å². The standard InChI is InChI=1S/C19H21N5OS/c1-12-5-18(22-13(2)17(12)6-20)23-7-14-3-4-16(9-23)24(19(14)25)8-15-10-26-11-21-15/h5,10-11,14,16H,3-4,7-9H2,1-2H3/t14-,16+/m0/s1. The smallest absolute Gasteiger partial charge is 0.228 e. The highest BCUT2D eigenvalue weighted by atomic mass is 32.1. The highest BCUT2D eigenvalue weighted by molar-refractivity contribution is 7.07. The van der Waals surface area contributed by atoms with Gasteiger partial charge in [-0.1, -0.05) is 0 Å². The first-order chi connectivity index (χ1) is 12.6. The summed E-state index contributed by atoms with van der Waals surface area (Å²) in [5.74, 6) is 1.11. The number of pyridine rings is 1. The summed E-state index contributed by atoms with van der Waals surface area (Å²) >= 11 is 1.56. The first-order valence-electron chi connectivity index (χ1n) is 8.87. The van der Waals surface area contributed by atoms with E-state index in [4.69, 9.17) is 0 Å². The van der Waals surface area contributed by atoms with Crippen LogP contribution < -0.4 is 4.90 Å². The molecule has 0 aromatic carbocycles. The number of aryl methyl sites for hydroxylation is 2. The maximum Gasteiger partial charge on any atom is 0.228 e. The zero-order chi connectivity index (χ0) is 18.3. The molecule has 0 saturated carbocycles. The second kappa shape index (κ2) is 6.69. The van der Waals surface area contributed by atoms with E-state index in [1.165, 1.54) is 0 Å². The van der Waals surface area contributed by atoms with Gasteiger partial charge in [0.05, 0.1) is 34.9 Å². The lowest BCUT2D eigenvalue weighted by molar-refractivity contribution is -0.140. The van der Waals surface area contributed by atoms with E-state index < -0.39 is 0 Å². The largest absolute Gasteiger partial charge is 0.354 e. The van der Waals surface area contributed by atoms with E-state index in [-0.39, 0.29) is 17.9 Å². The minimum absolute atomic E-state index is 0.00504. The third-order valence-electron chi connectivity index (χ3n) is 5.43. The first kappa shape index (κ1) is 17.0. The molecule has 0 aliphatic carbocycles. The monoisotopic (exact) mass is 367 g/mol. The zero-order valence-corrected chi connectivity index (χ0v) is 15.8. The second-order valence-corrected chi connectivity index (χ2v) is 7.87. The number of carbonyl (C=O) groups excluding carboxylic acids is 1. The highest BCUT2D eigenvalue weighted by Crippen LogP contribution is 2.32. The van der Waals surface area contributed by atoms with E-state index in [9.17, 15) is 10.1 Å². The lowest BCUT2D eigenvalue weighted by Gasteiger charge is -2.35. The van der Waals surface area contributed by atoms with Crippen molar-refractivity contribution < 1.29 is 4.79 Å². The molecule has 3 fully saturated rings. The van der Waals surface area contributed by atoms with Crippen molar-refractivity contribution in [2.75, 3.05) is 18.0 Å². The number of fused-ring (bicyclic) bond motifs is 4. The Bertz CT molecular complexity index is 850. The quantitative estimate of drug-likeness (QED) is 0.834. The van der Waals surface area contributed by atoms with Crippen LogP contribution in [-0.2, 0) is 11.3 Å². The summed E-state index contributed by atoms with van der Waals surface area (Å²) in [5, 5.41) is 11.3. The summed E-state index contributed by atoms with van der Waals surface area (Å²) in [4.78, 5) is 26.2. The Morgan fingerprint density at radius 1 is 1.35 bits per heavy atom. The Labute approximate surface area is 157 Å². The van der Waals surface area contributed by atoms with Crippen LogP contribution in [0.15, 0.2) is 17.0 Å². The number of aromatic nitrogens is 2. The molecular formula is C19H21N5OS. The molecule has 0 N–H and O–H groups in total. The Hall–Kier alpha value is -2.46. The average molecular weight is 367 g/mol. The van der Waals surface area contributed by atoms with Crippen molar-refractivity contribution in [3.05, 3.63) is 39.5 Å². The van der Waals surface area contributed by atoms with Crippen molar-refractivity contribution in [3.63, 3.8) is 0 Å². The highest BCUT2D eigenvalue weighted by Gasteiger charge is 2.41. The Balaban J connectivity index is 1.62. The molecule has 2 atom stereocenters. The number of thiazole rings is 1. The van der Waals surface area contributed by atoms with Crippen molar-refractivity contribution in [2.24, 2.45) is 5.92 Å². The fraction of sp³-hybridized carbons (Fsp3) is 0.474. The minimum atomic E-state index is 0.00504. The average Bonchev–Trinajstić information content (AvgIpc) is 2.97. The van der Waals surface area contributed by atoms with Gasteiger partial charge >= 0.3 is 0 Å². The molecule has 5 heterocycles. The fourth-order valence-electron chi connectivity index (χ4n) is 4.07. The van der Waals surface area contributed by atoms with Crippen LogP contribution in [0.3, 0.4) is 0 Å². The lowest BCUT2D eigenvalue weighted by atomic mass is 9.94. The number of piperidine rings is 1. The summed E-state index contributed by atoms with van der Waals surface area (Å²) in [7, 11) is 0. The Kier molecular flexibility index (Phi) is 4.37. The zero-order valence-electron chi connectivity index (χ0n) is 15.0. The minimum Gasteiger partial charge on any atom is -0.354 e. The molecule has 26 heavy (non-hydrogen) atoms. The molecule has 1 amide bonds. The Morgan fingerprint density at radius 2 is 2.19 bits per heavy atom. The molecule has 7 heteroatoms. The van der Waals surface area contributed by atoms with Gasteiger partial charge in [0.25, 0.3) is 0 Å². The molecule has 3 saturated heterocycles. The molecule has 0 radical (unpaired) electrons. The molecule has 0 unspecified atom stereocenters. The number of anilines is 1. The van der Waals surface area contributed by atoms with Crippen LogP contribution in [0.1, 0.15) is 35.4 Å². The van der Waals surface area contributed by atoms with Gasteiger partial charge in [0.15, 0.2) is 0 Å². The summed E-state index contributed by atoms with van der Waals surface area (Å²) in [6.45, 7) is 5.89. The molecule has 3 aliphatic heterocycles. The molecule has 3 aliphatic rings. The third kappa shape index (κ3) is 2.95. The van der Waals surface area contributed by atoms with Crippen molar-refractivity contribution >= 4 is 23.1 Å². The van der Waals surface area contributed by atoms with E-state index >= 15 is 0 Å². The van der Waals surface area contributed by atoms with Crippen molar-refractivity contribution in [3.8, 4) is 6.07 Å². The predicted octanol–water partition coefficient (Wildman–Crippen LogP) is 2.65. The number of hydrogen-bond donors (Lipinski definition) is 0. The molecule has 5 rings (SSSR count). The number of hydrogen-bond acceptors (Lipinski definition) is 6. The van der Waals surface area contributed by atoms with E-state index in [1.54, 1.807) is 11.3 Å². The first-order valence-corrected chi connectivity index (χ1v) is 9.82. The molecular weight excluding hydrogens is 346 g/mol. The number of carbonyl (C=O) groups is 1.